The highest BCUT2D eigenvalue weighted by Crippen LogP contribution is 2.40. The molecule has 1 aliphatic rings. The largest absolute Gasteiger partial charge is 0.347 e. The SMILES string of the molecule is Cn1c(=O)cnn(Cc2cc3nccc(-c4cc(Cl)cc5ccn(CC6(C#N)CCNCC6)c45)c3s2)c1=O. The Bertz CT molecular complexity index is 1850. The minimum atomic E-state index is -0.471. The summed E-state index contributed by atoms with van der Waals surface area (Å²) >= 11 is 8.11. The number of hydrogen-bond acceptors (Lipinski definition) is 7. The number of halogens is 1. The van der Waals surface area contributed by atoms with Gasteiger partial charge in [-0.25, -0.2) is 9.48 Å². The molecule has 1 saturated heterocycles. The molecule has 0 atom stereocenters. The summed E-state index contributed by atoms with van der Waals surface area (Å²) in [4.78, 5) is 29.7. The monoisotopic (exact) mass is 545 g/mol. The van der Waals surface area contributed by atoms with Crippen LogP contribution in [0.2, 0.25) is 5.02 Å². The van der Waals surface area contributed by atoms with E-state index in [1.165, 1.54) is 23.1 Å². The third kappa shape index (κ3) is 4.22. The number of pyridine rings is 1. The Labute approximate surface area is 226 Å². The van der Waals surface area contributed by atoms with Gasteiger partial charge in [0.05, 0.1) is 33.8 Å². The Kier molecular flexibility index (Phi) is 6.14. The number of nitrogens with zero attached hydrogens (tertiary/aromatic N) is 6. The lowest BCUT2D eigenvalue weighted by Crippen LogP contribution is -2.39. The maximum Gasteiger partial charge on any atom is 0.347 e. The first-order chi connectivity index (χ1) is 18.4. The number of thiophene rings is 1. The second kappa shape index (κ2) is 9.51. The Morgan fingerprint density at radius 3 is 2.79 bits per heavy atom. The number of rotatable bonds is 5. The number of nitrogens with one attached hydrogen (secondary N) is 1. The van der Waals surface area contributed by atoms with E-state index in [-0.39, 0.29) is 6.54 Å². The maximum absolute atomic E-state index is 12.5. The van der Waals surface area contributed by atoms with Crippen LogP contribution in [0.15, 0.2) is 58.5 Å². The highest BCUT2D eigenvalue weighted by atomic mass is 35.5. The molecule has 5 heterocycles. The highest BCUT2D eigenvalue weighted by molar-refractivity contribution is 7.19. The highest BCUT2D eigenvalue weighted by Gasteiger charge is 2.33. The molecular weight excluding hydrogens is 522 g/mol. The normalized spacial score (nSPS) is 15.2. The fourth-order valence-corrected chi connectivity index (χ4v) is 6.59. The van der Waals surface area contributed by atoms with Crippen LogP contribution < -0.4 is 16.6 Å². The predicted octanol–water partition coefficient (Wildman–Crippen LogP) is 3.77. The van der Waals surface area contributed by atoms with Crippen molar-refractivity contribution in [3.63, 3.8) is 0 Å². The lowest BCUT2D eigenvalue weighted by molar-refractivity contribution is 0.247. The van der Waals surface area contributed by atoms with Gasteiger partial charge in [-0.3, -0.25) is 14.3 Å². The average Bonchev–Trinajstić information content (AvgIpc) is 3.52. The van der Waals surface area contributed by atoms with E-state index in [2.05, 4.69) is 26.0 Å². The van der Waals surface area contributed by atoms with Gasteiger partial charge in [0, 0.05) is 52.4 Å². The van der Waals surface area contributed by atoms with Crippen LogP contribution in [0.3, 0.4) is 0 Å². The molecule has 0 saturated carbocycles. The van der Waals surface area contributed by atoms with Crippen molar-refractivity contribution in [1.29, 1.82) is 5.26 Å². The number of aromatic nitrogens is 5. The third-order valence-electron chi connectivity index (χ3n) is 7.30. The summed E-state index contributed by atoms with van der Waals surface area (Å²) in [5.74, 6) is 0. The molecule has 0 bridgehead atoms. The smallest absolute Gasteiger partial charge is 0.345 e. The number of fused-ring (bicyclic) bond motifs is 2. The van der Waals surface area contributed by atoms with Gasteiger partial charge in [-0.2, -0.15) is 10.4 Å². The number of nitriles is 1. The van der Waals surface area contributed by atoms with E-state index in [9.17, 15) is 14.9 Å². The van der Waals surface area contributed by atoms with Crippen molar-refractivity contribution < 1.29 is 0 Å². The number of piperidine rings is 1. The zero-order chi connectivity index (χ0) is 26.4. The van der Waals surface area contributed by atoms with Gasteiger partial charge in [0.15, 0.2) is 0 Å². The van der Waals surface area contributed by atoms with Gasteiger partial charge in [0.2, 0.25) is 0 Å². The summed E-state index contributed by atoms with van der Waals surface area (Å²) in [5.41, 5.74) is 2.45. The molecule has 0 amide bonds. The molecule has 1 fully saturated rings. The van der Waals surface area contributed by atoms with Crippen molar-refractivity contribution in [3.05, 3.63) is 79.7 Å². The van der Waals surface area contributed by atoms with E-state index in [0.29, 0.717) is 11.6 Å². The van der Waals surface area contributed by atoms with Crippen LogP contribution in [-0.2, 0) is 20.1 Å². The summed E-state index contributed by atoms with van der Waals surface area (Å²) in [5, 5.41) is 19.1. The molecule has 4 aromatic heterocycles. The zero-order valence-corrected chi connectivity index (χ0v) is 22.2. The first-order valence-electron chi connectivity index (χ1n) is 12.3. The molecule has 1 aliphatic heterocycles. The maximum atomic E-state index is 12.5. The van der Waals surface area contributed by atoms with Crippen LogP contribution in [0.5, 0.6) is 0 Å². The molecule has 0 unspecified atom stereocenters. The minimum absolute atomic E-state index is 0.230. The molecule has 0 spiro atoms. The second-order valence-corrected chi connectivity index (χ2v) is 11.3. The quantitative estimate of drug-likeness (QED) is 0.360. The van der Waals surface area contributed by atoms with E-state index in [1.54, 1.807) is 6.20 Å². The van der Waals surface area contributed by atoms with Crippen molar-refractivity contribution in [1.82, 2.24) is 29.2 Å². The molecule has 6 rings (SSSR count). The molecule has 38 heavy (non-hydrogen) atoms. The van der Waals surface area contributed by atoms with Gasteiger partial charge in [-0.1, -0.05) is 11.6 Å². The van der Waals surface area contributed by atoms with Gasteiger partial charge in [-0.15, -0.1) is 11.3 Å². The van der Waals surface area contributed by atoms with Crippen molar-refractivity contribution in [2.24, 2.45) is 12.5 Å². The first kappa shape index (κ1) is 24.6. The Morgan fingerprint density at radius 2 is 2.00 bits per heavy atom. The lowest BCUT2D eigenvalue weighted by atomic mass is 9.80. The molecular formula is C27H24ClN7O2S. The Balaban J connectivity index is 1.47. The Morgan fingerprint density at radius 1 is 1.18 bits per heavy atom. The van der Waals surface area contributed by atoms with Crippen LogP contribution in [0.25, 0.3) is 32.2 Å². The first-order valence-corrected chi connectivity index (χ1v) is 13.5. The third-order valence-corrected chi connectivity index (χ3v) is 8.66. The van der Waals surface area contributed by atoms with Gasteiger partial charge < -0.3 is 9.88 Å². The fraction of sp³-hybridized carbons (Fsp3) is 0.296. The van der Waals surface area contributed by atoms with E-state index in [1.807, 2.05) is 36.5 Å². The molecule has 192 valence electrons. The average molecular weight is 546 g/mol. The molecule has 11 heteroatoms. The summed E-state index contributed by atoms with van der Waals surface area (Å²) < 4.78 is 5.46. The molecule has 0 aliphatic carbocycles. The lowest BCUT2D eigenvalue weighted by Gasteiger charge is -2.32. The molecule has 1 aromatic carbocycles. The molecule has 0 radical (unpaired) electrons. The van der Waals surface area contributed by atoms with Gasteiger partial charge >= 0.3 is 5.69 Å². The van der Waals surface area contributed by atoms with E-state index in [4.69, 9.17) is 11.6 Å². The standard InChI is InChI=1S/C27H24ClN7O2S/c1-33-23(36)13-32-35(26(33)37)14-19-12-22-25(38-19)20(2-6-31-22)21-11-18(28)10-17-3-9-34(24(17)21)16-27(15-29)4-7-30-8-5-27/h2-3,6,9-13,30H,4-5,7-8,14,16H2,1H3. The van der Waals surface area contributed by atoms with E-state index < -0.39 is 16.7 Å². The summed E-state index contributed by atoms with van der Waals surface area (Å²) in [6, 6.07) is 12.5. The van der Waals surface area contributed by atoms with E-state index in [0.717, 1.165) is 73.8 Å². The van der Waals surface area contributed by atoms with Crippen molar-refractivity contribution in [2.75, 3.05) is 13.1 Å². The predicted molar refractivity (Wildman–Crippen MR) is 149 cm³/mol. The van der Waals surface area contributed by atoms with Crippen LogP contribution in [-0.4, -0.2) is 37.0 Å². The molecule has 5 aromatic rings. The van der Waals surface area contributed by atoms with Gasteiger partial charge in [0.25, 0.3) is 5.56 Å². The van der Waals surface area contributed by atoms with Gasteiger partial charge in [-0.05, 0) is 56.3 Å². The van der Waals surface area contributed by atoms with Crippen LogP contribution in [0.1, 0.15) is 17.7 Å². The van der Waals surface area contributed by atoms with Crippen molar-refractivity contribution >= 4 is 44.1 Å². The van der Waals surface area contributed by atoms with E-state index >= 15 is 0 Å². The van der Waals surface area contributed by atoms with Gasteiger partial charge in [0.1, 0.15) is 6.20 Å². The second-order valence-electron chi connectivity index (χ2n) is 9.74. The Hall–Kier alpha value is -3.78. The summed E-state index contributed by atoms with van der Waals surface area (Å²) in [6.45, 7) is 2.51. The fourth-order valence-electron chi connectivity index (χ4n) is 5.24. The summed E-state index contributed by atoms with van der Waals surface area (Å²) in [6.07, 6.45) is 6.57. The van der Waals surface area contributed by atoms with Crippen molar-refractivity contribution in [2.45, 2.75) is 25.9 Å². The van der Waals surface area contributed by atoms with Crippen LogP contribution >= 0.6 is 22.9 Å². The topological polar surface area (TPSA) is 111 Å². The molecule has 1 N–H and O–H groups in total. The minimum Gasteiger partial charge on any atom is -0.345 e. The van der Waals surface area contributed by atoms with Crippen LogP contribution in [0, 0.1) is 16.7 Å². The number of hydrogen-bond donors (Lipinski definition) is 1. The van der Waals surface area contributed by atoms with Crippen molar-refractivity contribution in [3.8, 4) is 17.2 Å². The molecule has 9 nitrogen and oxygen atoms in total. The van der Waals surface area contributed by atoms with Crippen LogP contribution in [0.4, 0.5) is 0 Å². The zero-order valence-electron chi connectivity index (χ0n) is 20.6. The summed E-state index contributed by atoms with van der Waals surface area (Å²) in [7, 11) is 1.44. The number of benzene rings is 1.